The summed E-state index contributed by atoms with van der Waals surface area (Å²) in [5, 5.41) is 13.7. The average Bonchev–Trinajstić information content (AvgIpc) is 3.42. The Balaban J connectivity index is 1.92. The Bertz CT molecular complexity index is 1150. The molecule has 1 amide bonds. The van der Waals surface area contributed by atoms with Crippen LogP contribution in [-0.4, -0.2) is 33.4 Å². The predicted octanol–water partition coefficient (Wildman–Crippen LogP) is 4.40. The van der Waals surface area contributed by atoms with E-state index in [1.807, 2.05) is 26.0 Å². The lowest BCUT2D eigenvalue weighted by Gasteiger charge is -2.26. The van der Waals surface area contributed by atoms with E-state index in [0.717, 1.165) is 5.01 Å². The van der Waals surface area contributed by atoms with E-state index in [9.17, 15) is 14.7 Å². The number of Topliss-reactive ketones (excluding diaryl/α,β-unsaturated/α-hetero) is 1. The lowest BCUT2D eigenvalue weighted by molar-refractivity contribution is -0.117. The number of thiazole rings is 2. The Hall–Kier alpha value is -3.04. The topological polar surface area (TPSA) is 92.6 Å². The fourth-order valence-corrected chi connectivity index (χ4v) is 5.06. The van der Waals surface area contributed by atoms with Gasteiger partial charge in [0.25, 0.3) is 5.91 Å². The Morgan fingerprint density at radius 3 is 2.70 bits per heavy atom. The van der Waals surface area contributed by atoms with Crippen molar-refractivity contribution in [2.24, 2.45) is 0 Å². The van der Waals surface area contributed by atoms with Gasteiger partial charge in [0.1, 0.15) is 11.8 Å². The van der Waals surface area contributed by atoms with Crippen LogP contribution in [0.2, 0.25) is 0 Å². The van der Waals surface area contributed by atoms with Crippen LogP contribution >= 0.6 is 22.7 Å². The average molecular weight is 442 g/mol. The van der Waals surface area contributed by atoms with Gasteiger partial charge in [-0.3, -0.25) is 14.5 Å². The van der Waals surface area contributed by atoms with E-state index in [4.69, 9.17) is 4.74 Å². The van der Waals surface area contributed by atoms with Gasteiger partial charge in [-0.2, -0.15) is 0 Å². The highest BCUT2D eigenvalue weighted by Gasteiger charge is 2.47. The summed E-state index contributed by atoms with van der Waals surface area (Å²) < 4.78 is 5.77. The van der Waals surface area contributed by atoms with Crippen molar-refractivity contribution in [1.29, 1.82) is 0 Å². The number of ether oxygens (including phenoxy) is 1. The van der Waals surface area contributed by atoms with E-state index in [-0.39, 0.29) is 5.57 Å². The smallest absolute Gasteiger partial charge is 0.296 e. The standard InChI is InChI=1S/C21H19N3O4S2/c1-4-28-14-8-6-5-7-13(14)16-15(17(25)19-11(2)23-12(3)30-19)18(26)20(27)24(16)21-22-9-10-29-21/h5-10,16,26H,4H2,1-3H3. The molecule has 1 atom stereocenters. The van der Waals surface area contributed by atoms with Crippen molar-refractivity contribution < 1.29 is 19.4 Å². The first-order valence-electron chi connectivity index (χ1n) is 9.30. The summed E-state index contributed by atoms with van der Waals surface area (Å²) in [5.74, 6) is -1.11. The van der Waals surface area contributed by atoms with Crippen LogP contribution in [0.25, 0.3) is 0 Å². The number of amides is 1. The second-order valence-corrected chi connectivity index (χ2v) is 8.68. The third kappa shape index (κ3) is 3.29. The van der Waals surface area contributed by atoms with Crippen LogP contribution in [0, 0.1) is 13.8 Å². The second kappa shape index (κ2) is 8.00. The van der Waals surface area contributed by atoms with E-state index in [2.05, 4.69) is 9.97 Å². The maximum Gasteiger partial charge on any atom is 0.296 e. The van der Waals surface area contributed by atoms with Gasteiger partial charge in [-0.05, 0) is 26.8 Å². The third-order valence-electron chi connectivity index (χ3n) is 4.70. The summed E-state index contributed by atoms with van der Waals surface area (Å²) >= 11 is 2.50. The molecule has 0 saturated heterocycles. The number of anilines is 1. The minimum Gasteiger partial charge on any atom is -0.503 e. The first kappa shape index (κ1) is 20.2. The van der Waals surface area contributed by atoms with Crippen LogP contribution in [0.3, 0.4) is 0 Å². The molecule has 154 valence electrons. The van der Waals surface area contributed by atoms with Crippen molar-refractivity contribution in [2.75, 3.05) is 11.5 Å². The van der Waals surface area contributed by atoms with Gasteiger partial charge in [0.15, 0.2) is 10.9 Å². The SMILES string of the molecule is CCOc1ccccc1C1C(C(=O)c2sc(C)nc2C)=C(O)C(=O)N1c1nccs1. The van der Waals surface area contributed by atoms with Gasteiger partial charge < -0.3 is 9.84 Å². The minimum atomic E-state index is -0.860. The van der Waals surface area contributed by atoms with Crippen LogP contribution in [0.1, 0.15) is 38.9 Å². The molecule has 4 rings (SSSR count). The summed E-state index contributed by atoms with van der Waals surface area (Å²) in [5.41, 5.74) is 1.18. The molecule has 0 spiro atoms. The number of carbonyl (C=O) groups is 2. The normalized spacial score (nSPS) is 16.4. The number of aliphatic hydroxyl groups excluding tert-OH is 1. The van der Waals surface area contributed by atoms with Gasteiger partial charge in [-0.25, -0.2) is 9.97 Å². The maximum absolute atomic E-state index is 13.5. The molecule has 1 aliphatic rings. The van der Waals surface area contributed by atoms with Crippen molar-refractivity contribution >= 4 is 39.5 Å². The number of nitrogens with zero attached hydrogens (tertiary/aromatic N) is 3. The zero-order valence-electron chi connectivity index (χ0n) is 16.6. The number of ketones is 1. The largest absolute Gasteiger partial charge is 0.503 e. The molecule has 3 aromatic rings. The molecular weight excluding hydrogens is 422 g/mol. The van der Waals surface area contributed by atoms with Crippen LogP contribution in [-0.2, 0) is 4.79 Å². The number of para-hydroxylation sites is 1. The molecule has 1 unspecified atom stereocenters. The molecule has 1 aliphatic heterocycles. The number of benzene rings is 1. The summed E-state index contributed by atoms with van der Waals surface area (Å²) in [6.07, 6.45) is 1.58. The lowest BCUT2D eigenvalue weighted by atomic mass is 9.94. The van der Waals surface area contributed by atoms with Crippen molar-refractivity contribution in [2.45, 2.75) is 26.8 Å². The van der Waals surface area contributed by atoms with Crippen molar-refractivity contribution in [3.8, 4) is 5.75 Å². The van der Waals surface area contributed by atoms with Gasteiger partial charge in [-0.15, -0.1) is 22.7 Å². The number of rotatable bonds is 6. The highest BCUT2D eigenvalue weighted by molar-refractivity contribution is 7.14. The van der Waals surface area contributed by atoms with E-state index in [0.29, 0.717) is 33.6 Å². The van der Waals surface area contributed by atoms with Crippen LogP contribution < -0.4 is 9.64 Å². The molecule has 1 aromatic carbocycles. The highest BCUT2D eigenvalue weighted by atomic mass is 32.1. The Labute approximate surface area is 181 Å². The molecule has 3 heterocycles. The molecule has 2 aromatic heterocycles. The van der Waals surface area contributed by atoms with E-state index >= 15 is 0 Å². The first-order valence-corrected chi connectivity index (χ1v) is 11.0. The molecule has 30 heavy (non-hydrogen) atoms. The minimum absolute atomic E-state index is 0.00843. The van der Waals surface area contributed by atoms with Gasteiger partial charge in [0, 0.05) is 17.1 Å². The Morgan fingerprint density at radius 1 is 1.30 bits per heavy atom. The highest BCUT2D eigenvalue weighted by Crippen LogP contribution is 2.45. The number of aromatic nitrogens is 2. The summed E-state index contributed by atoms with van der Waals surface area (Å²) in [6, 6.07) is 6.34. The molecule has 9 heteroatoms. The van der Waals surface area contributed by atoms with Crippen molar-refractivity contribution in [3.63, 3.8) is 0 Å². The van der Waals surface area contributed by atoms with Gasteiger partial charge in [0.2, 0.25) is 5.78 Å². The molecule has 0 radical (unpaired) electrons. The molecule has 0 bridgehead atoms. The molecule has 0 saturated carbocycles. The summed E-state index contributed by atoms with van der Waals surface area (Å²) in [4.78, 5) is 36.9. The number of carbonyl (C=O) groups excluding carboxylic acids is 2. The van der Waals surface area contributed by atoms with Crippen molar-refractivity contribution in [1.82, 2.24) is 9.97 Å². The van der Waals surface area contributed by atoms with Gasteiger partial charge in [0.05, 0.1) is 27.8 Å². The van der Waals surface area contributed by atoms with E-state index < -0.39 is 23.5 Å². The molecule has 0 fully saturated rings. The van der Waals surface area contributed by atoms with Crippen LogP contribution in [0.5, 0.6) is 5.75 Å². The monoisotopic (exact) mass is 441 g/mol. The summed E-state index contributed by atoms with van der Waals surface area (Å²) in [6.45, 7) is 5.83. The van der Waals surface area contributed by atoms with Crippen LogP contribution in [0.15, 0.2) is 47.2 Å². The van der Waals surface area contributed by atoms with Crippen molar-refractivity contribution in [3.05, 3.63) is 68.3 Å². The quantitative estimate of drug-likeness (QED) is 0.570. The lowest BCUT2D eigenvalue weighted by Crippen LogP contribution is -2.31. The number of hydrogen-bond donors (Lipinski definition) is 1. The number of aryl methyl sites for hydroxylation is 2. The zero-order chi connectivity index (χ0) is 21.4. The molecular formula is C21H19N3O4S2. The predicted molar refractivity (Wildman–Crippen MR) is 116 cm³/mol. The molecule has 1 N–H and O–H groups in total. The fourth-order valence-electron chi connectivity index (χ4n) is 3.52. The van der Waals surface area contributed by atoms with Gasteiger partial charge >= 0.3 is 0 Å². The molecule has 7 nitrogen and oxygen atoms in total. The second-order valence-electron chi connectivity index (χ2n) is 6.60. The first-order chi connectivity index (χ1) is 14.4. The van der Waals surface area contributed by atoms with E-state index in [1.54, 1.807) is 30.6 Å². The Morgan fingerprint density at radius 2 is 2.07 bits per heavy atom. The summed E-state index contributed by atoms with van der Waals surface area (Å²) in [7, 11) is 0. The fraction of sp³-hybridized carbons (Fsp3) is 0.238. The molecule has 0 aliphatic carbocycles. The van der Waals surface area contributed by atoms with Gasteiger partial charge in [-0.1, -0.05) is 18.2 Å². The maximum atomic E-state index is 13.5. The number of aliphatic hydroxyl groups is 1. The van der Waals surface area contributed by atoms with Crippen LogP contribution in [0.4, 0.5) is 5.13 Å². The van der Waals surface area contributed by atoms with E-state index in [1.165, 1.54) is 27.6 Å². The third-order valence-corrected chi connectivity index (χ3v) is 6.54. The zero-order valence-corrected chi connectivity index (χ0v) is 18.2. The Kier molecular flexibility index (Phi) is 5.40. The number of hydrogen-bond acceptors (Lipinski definition) is 8.